The highest BCUT2D eigenvalue weighted by Crippen LogP contribution is 2.23. The van der Waals surface area contributed by atoms with E-state index in [1.165, 1.54) is 89.9 Å². The number of rotatable bonds is 21. The summed E-state index contributed by atoms with van der Waals surface area (Å²) in [5.74, 6) is 0.222. The van der Waals surface area contributed by atoms with E-state index in [-0.39, 0.29) is 12.5 Å². The van der Waals surface area contributed by atoms with Gasteiger partial charge in [0.15, 0.2) is 0 Å². The average molecular weight is 400 g/mol. The highest BCUT2D eigenvalue weighted by atomic mass is 16.6. The highest BCUT2D eigenvalue weighted by Gasteiger charge is 2.20. The van der Waals surface area contributed by atoms with Gasteiger partial charge < -0.3 is 15.6 Å². The molecular weight excluding hydrogens is 350 g/mol. The zero-order valence-corrected chi connectivity index (χ0v) is 18.9. The molecule has 0 bridgehead atoms. The molecule has 0 radical (unpaired) electrons. The molecule has 4 nitrogen and oxygen atoms in total. The number of hydrogen-bond acceptors (Lipinski definition) is 3. The fourth-order valence-electron chi connectivity index (χ4n) is 3.91. The predicted molar refractivity (Wildman–Crippen MR) is 119 cm³/mol. The Morgan fingerprint density at radius 2 is 1.07 bits per heavy atom. The van der Waals surface area contributed by atoms with E-state index in [2.05, 4.69) is 13.8 Å². The summed E-state index contributed by atoms with van der Waals surface area (Å²) in [7, 11) is 0. The molecule has 0 aliphatic heterocycles. The van der Waals surface area contributed by atoms with Crippen molar-refractivity contribution in [3.8, 4) is 0 Å². The van der Waals surface area contributed by atoms with Crippen LogP contribution < -0.4 is 5.73 Å². The van der Waals surface area contributed by atoms with Crippen molar-refractivity contribution in [2.24, 2.45) is 11.7 Å². The molecule has 0 aliphatic rings. The molecule has 1 unspecified atom stereocenters. The van der Waals surface area contributed by atoms with Crippen molar-refractivity contribution in [1.82, 2.24) is 0 Å². The van der Waals surface area contributed by atoms with E-state index in [0.717, 1.165) is 25.7 Å². The first-order chi connectivity index (χ1) is 13.6. The lowest BCUT2D eigenvalue weighted by molar-refractivity contribution is 0.0282. The minimum atomic E-state index is -0.794. The van der Waals surface area contributed by atoms with Crippen molar-refractivity contribution >= 4 is 6.09 Å². The molecular formula is C24H49NO3. The Morgan fingerprint density at radius 1 is 0.714 bits per heavy atom. The van der Waals surface area contributed by atoms with E-state index in [9.17, 15) is 9.90 Å². The number of hydrogen-bond donors (Lipinski definition) is 2. The summed E-state index contributed by atoms with van der Waals surface area (Å²) in [6, 6.07) is 0. The van der Waals surface area contributed by atoms with Crippen molar-refractivity contribution in [3.63, 3.8) is 0 Å². The average Bonchev–Trinajstić information content (AvgIpc) is 2.68. The number of aliphatic hydroxyl groups is 1. The van der Waals surface area contributed by atoms with Crippen LogP contribution in [0, 0.1) is 5.92 Å². The second-order valence-electron chi connectivity index (χ2n) is 8.48. The molecule has 0 saturated carbocycles. The molecule has 28 heavy (non-hydrogen) atoms. The third-order valence-corrected chi connectivity index (χ3v) is 5.80. The lowest BCUT2D eigenvalue weighted by atomic mass is 9.89. The van der Waals surface area contributed by atoms with Gasteiger partial charge in [0, 0.05) is 0 Å². The van der Waals surface area contributed by atoms with Crippen molar-refractivity contribution in [3.05, 3.63) is 0 Å². The number of unbranched alkanes of at least 4 members (excludes halogenated alkanes) is 14. The molecule has 0 aromatic heterocycles. The van der Waals surface area contributed by atoms with Crippen LogP contribution in [-0.4, -0.2) is 23.9 Å². The molecule has 168 valence electrons. The summed E-state index contributed by atoms with van der Waals surface area (Å²) in [5.41, 5.74) is 5.05. The number of primary amides is 1. The number of nitrogens with two attached hydrogens (primary N) is 1. The third kappa shape index (κ3) is 18.6. The topological polar surface area (TPSA) is 72.6 Å². The van der Waals surface area contributed by atoms with Crippen molar-refractivity contribution in [1.29, 1.82) is 0 Å². The molecule has 0 fully saturated rings. The van der Waals surface area contributed by atoms with E-state index < -0.39 is 12.2 Å². The number of carbonyl (C=O) groups excluding carboxylic acids is 1. The van der Waals surface area contributed by atoms with Gasteiger partial charge >= 0.3 is 6.09 Å². The van der Waals surface area contributed by atoms with Crippen molar-refractivity contribution < 1.29 is 14.6 Å². The number of carbonyl (C=O) groups is 1. The smallest absolute Gasteiger partial charge is 0.404 e. The fourth-order valence-corrected chi connectivity index (χ4v) is 3.91. The lowest BCUT2D eigenvalue weighted by Gasteiger charge is -2.22. The molecule has 0 aliphatic carbocycles. The van der Waals surface area contributed by atoms with Gasteiger partial charge in [-0.15, -0.1) is 0 Å². The Bertz CT molecular complexity index is 316. The summed E-state index contributed by atoms with van der Waals surface area (Å²) >= 11 is 0. The van der Waals surface area contributed by atoms with Gasteiger partial charge in [0.2, 0.25) is 0 Å². The zero-order valence-electron chi connectivity index (χ0n) is 18.9. The highest BCUT2D eigenvalue weighted by molar-refractivity contribution is 5.64. The van der Waals surface area contributed by atoms with Gasteiger partial charge in [-0.05, 0) is 18.8 Å². The van der Waals surface area contributed by atoms with Crippen LogP contribution in [0.15, 0.2) is 0 Å². The van der Waals surface area contributed by atoms with Crippen LogP contribution in [0.2, 0.25) is 0 Å². The monoisotopic (exact) mass is 399 g/mol. The van der Waals surface area contributed by atoms with Crippen LogP contribution in [-0.2, 0) is 4.74 Å². The van der Waals surface area contributed by atoms with Crippen LogP contribution in [0.1, 0.15) is 129 Å². The fraction of sp³-hybridized carbons (Fsp3) is 0.958. The Morgan fingerprint density at radius 3 is 1.43 bits per heavy atom. The maximum absolute atomic E-state index is 10.8. The van der Waals surface area contributed by atoms with Gasteiger partial charge in [-0.1, -0.05) is 117 Å². The van der Waals surface area contributed by atoms with Gasteiger partial charge in [-0.25, -0.2) is 4.79 Å². The van der Waals surface area contributed by atoms with Gasteiger partial charge in [-0.2, -0.15) is 0 Å². The summed E-state index contributed by atoms with van der Waals surface area (Å²) in [4.78, 5) is 10.8. The van der Waals surface area contributed by atoms with Crippen molar-refractivity contribution in [2.75, 3.05) is 6.61 Å². The maximum atomic E-state index is 10.8. The summed E-state index contributed by atoms with van der Waals surface area (Å²) in [5, 5.41) is 10.4. The van der Waals surface area contributed by atoms with E-state index in [4.69, 9.17) is 10.5 Å². The zero-order chi connectivity index (χ0) is 20.9. The summed E-state index contributed by atoms with van der Waals surface area (Å²) in [6.45, 7) is 4.54. The first kappa shape index (κ1) is 27.2. The molecule has 3 N–H and O–H groups in total. The van der Waals surface area contributed by atoms with Crippen LogP contribution in [0.4, 0.5) is 4.79 Å². The molecule has 4 heteroatoms. The first-order valence-corrected chi connectivity index (χ1v) is 12.2. The van der Waals surface area contributed by atoms with Crippen LogP contribution >= 0.6 is 0 Å². The largest absolute Gasteiger partial charge is 0.447 e. The molecule has 0 heterocycles. The van der Waals surface area contributed by atoms with E-state index in [1.54, 1.807) is 0 Å². The molecule has 1 amide bonds. The molecule has 0 rings (SSSR count). The van der Waals surface area contributed by atoms with Crippen LogP contribution in [0.5, 0.6) is 0 Å². The van der Waals surface area contributed by atoms with E-state index in [1.807, 2.05) is 0 Å². The Labute approximate surface area is 175 Å². The second kappa shape index (κ2) is 21.0. The summed E-state index contributed by atoms with van der Waals surface area (Å²) in [6.07, 6.45) is 21.4. The van der Waals surface area contributed by atoms with Crippen LogP contribution in [0.3, 0.4) is 0 Å². The van der Waals surface area contributed by atoms with Gasteiger partial charge in [0.1, 0.15) is 6.61 Å². The predicted octanol–water partition coefficient (Wildman–Crippen LogP) is 7.12. The number of amides is 1. The molecule has 0 spiro atoms. The number of aliphatic hydroxyl groups excluding tert-OH is 1. The normalized spacial score (nSPS) is 12.4. The van der Waals surface area contributed by atoms with E-state index in [0.29, 0.717) is 0 Å². The second-order valence-corrected chi connectivity index (χ2v) is 8.48. The molecule has 0 aromatic carbocycles. The molecule has 1 atom stereocenters. The van der Waals surface area contributed by atoms with Gasteiger partial charge in [-0.3, -0.25) is 0 Å². The Kier molecular flexibility index (Phi) is 20.4. The van der Waals surface area contributed by atoms with Crippen molar-refractivity contribution in [2.45, 2.75) is 136 Å². The lowest BCUT2D eigenvalue weighted by Crippen LogP contribution is -2.29. The summed E-state index contributed by atoms with van der Waals surface area (Å²) < 4.78 is 4.84. The first-order valence-electron chi connectivity index (χ1n) is 12.2. The minimum absolute atomic E-state index is 0.0357. The third-order valence-electron chi connectivity index (χ3n) is 5.80. The Hall–Kier alpha value is -0.770. The van der Waals surface area contributed by atoms with Gasteiger partial charge in [0.05, 0.1) is 6.10 Å². The van der Waals surface area contributed by atoms with Gasteiger partial charge in [0.25, 0.3) is 0 Å². The quantitative estimate of drug-likeness (QED) is 0.202. The minimum Gasteiger partial charge on any atom is -0.447 e. The Balaban J connectivity index is 3.96. The SMILES string of the molecule is CCCCCCCCCCC(CCCCCCCCCC)C(O)COC(N)=O. The maximum Gasteiger partial charge on any atom is 0.404 e. The standard InChI is InChI=1S/C24H49NO3/c1-3-5-7-9-11-13-15-17-19-22(23(26)21-28-24(25)27)20-18-16-14-12-10-8-6-4-2/h22-23,26H,3-21H2,1-2H3,(H2,25,27). The number of ether oxygens (including phenoxy) is 1. The van der Waals surface area contributed by atoms with E-state index >= 15 is 0 Å². The van der Waals surface area contributed by atoms with Crippen LogP contribution in [0.25, 0.3) is 0 Å². The molecule has 0 saturated heterocycles. The molecule has 0 aromatic rings.